The van der Waals surface area contributed by atoms with Crippen LogP contribution in [0, 0.1) is 20.8 Å². The van der Waals surface area contributed by atoms with E-state index in [2.05, 4.69) is 37.9 Å². The highest BCUT2D eigenvalue weighted by molar-refractivity contribution is 6.01. The maximum absolute atomic E-state index is 6.10. The first kappa shape index (κ1) is 13.5. The number of nitrogen functional groups attached to an aromatic ring is 2. The van der Waals surface area contributed by atoms with Crippen LogP contribution in [0.5, 0.6) is 0 Å². The molecule has 0 amide bonds. The van der Waals surface area contributed by atoms with E-state index in [-0.39, 0.29) is 0 Å². The van der Waals surface area contributed by atoms with E-state index in [0.717, 1.165) is 16.6 Å². The van der Waals surface area contributed by atoms with Crippen LogP contribution in [0.3, 0.4) is 0 Å². The minimum absolute atomic E-state index is 0.478. The lowest BCUT2D eigenvalue weighted by Gasteiger charge is -2.13. The average molecular weight is 280 g/mol. The van der Waals surface area contributed by atoms with Gasteiger partial charge in [0, 0.05) is 12.6 Å². The lowest BCUT2D eigenvalue weighted by Crippen LogP contribution is -1.98. The molecule has 0 saturated carbocycles. The molecule has 0 atom stereocenters. The van der Waals surface area contributed by atoms with Crippen molar-refractivity contribution in [3.8, 4) is 11.1 Å². The summed E-state index contributed by atoms with van der Waals surface area (Å²) in [6, 6.07) is 8.35. The molecule has 0 aliphatic heterocycles. The van der Waals surface area contributed by atoms with Gasteiger partial charge >= 0.3 is 0 Å². The minimum Gasteiger partial charge on any atom is -0.397 e. The fraction of sp³-hybridized carbons (Fsp3) is 0.235. The second kappa shape index (κ2) is 4.52. The fourth-order valence-electron chi connectivity index (χ4n) is 3.17. The number of anilines is 2. The monoisotopic (exact) mass is 280 g/mol. The second-order valence-electron chi connectivity index (χ2n) is 5.70. The second-order valence-corrected chi connectivity index (χ2v) is 5.70. The molecule has 0 spiro atoms. The average Bonchev–Trinajstić information content (AvgIpc) is 2.68. The van der Waals surface area contributed by atoms with E-state index in [9.17, 15) is 0 Å². The molecule has 0 aliphatic carbocycles. The lowest BCUT2D eigenvalue weighted by atomic mass is 9.93. The van der Waals surface area contributed by atoms with Crippen LogP contribution in [0.25, 0.3) is 22.2 Å². The van der Waals surface area contributed by atoms with Crippen LogP contribution < -0.4 is 11.5 Å². The zero-order chi connectivity index (χ0) is 15.3. The first-order valence-corrected chi connectivity index (χ1v) is 6.98. The van der Waals surface area contributed by atoms with Crippen molar-refractivity contribution >= 4 is 22.7 Å². The number of benzene rings is 2. The highest BCUT2D eigenvalue weighted by atomic mass is 15.1. The SMILES string of the molecule is Cc1cc(C)c(-c2ccc(N)c3c2nc(N)n3C)c(C)c1. The summed E-state index contributed by atoms with van der Waals surface area (Å²) in [5, 5.41) is 0. The van der Waals surface area contributed by atoms with E-state index in [4.69, 9.17) is 11.5 Å². The van der Waals surface area contributed by atoms with Crippen LogP contribution in [0.1, 0.15) is 16.7 Å². The molecular weight excluding hydrogens is 260 g/mol. The third kappa shape index (κ3) is 1.95. The van der Waals surface area contributed by atoms with Gasteiger partial charge in [-0.1, -0.05) is 17.7 Å². The number of hydrogen-bond acceptors (Lipinski definition) is 3. The van der Waals surface area contributed by atoms with Gasteiger partial charge in [0.25, 0.3) is 0 Å². The van der Waals surface area contributed by atoms with Gasteiger partial charge in [0.15, 0.2) is 0 Å². The molecule has 108 valence electrons. The van der Waals surface area contributed by atoms with Gasteiger partial charge in [-0.3, -0.25) is 0 Å². The van der Waals surface area contributed by atoms with Crippen LogP contribution in [-0.4, -0.2) is 9.55 Å². The van der Waals surface area contributed by atoms with Gasteiger partial charge in [0.2, 0.25) is 5.95 Å². The van der Waals surface area contributed by atoms with Crippen molar-refractivity contribution in [1.29, 1.82) is 0 Å². The first-order chi connectivity index (χ1) is 9.90. The Balaban J connectivity index is 2.42. The first-order valence-electron chi connectivity index (χ1n) is 6.98. The molecule has 0 fully saturated rings. The fourth-order valence-corrected chi connectivity index (χ4v) is 3.17. The van der Waals surface area contributed by atoms with Crippen LogP contribution in [0.4, 0.5) is 11.6 Å². The van der Waals surface area contributed by atoms with E-state index >= 15 is 0 Å². The molecule has 0 unspecified atom stereocenters. The summed E-state index contributed by atoms with van der Waals surface area (Å²) < 4.78 is 1.84. The molecule has 1 heterocycles. The summed E-state index contributed by atoms with van der Waals surface area (Å²) in [5.74, 6) is 0.478. The number of imidazole rings is 1. The van der Waals surface area contributed by atoms with E-state index in [0.29, 0.717) is 11.6 Å². The summed E-state index contributed by atoms with van der Waals surface area (Å²) >= 11 is 0. The normalized spacial score (nSPS) is 11.2. The Labute approximate surface area is 124 Å². The largest absolute Gasteiger partial charge is 0.397 e. The molecule has 21 heavy (non-hydrogen) atoms. The zero-order valence-corrected chi connectivity index (χ0v) is 12.9. The van der Waals surface area contributed by atoms with Crippen molar-refractivity contribution in [3.63, 3.8) is 0 Å². The molecule has 4 nitrogen and oxygen atoms in total. The smallest absolute Gasteiger partial charge is 0.201 e. The maximum Gasteiger partial charge on any atom is 0.201 e. The Morgan fingerprint density at radius 3 is 2.24 bits per heavy atom. The molecule has 4 heteroatoms. The third-order valence-electron chi connectivity index (χ3n) is 4.03. The third-order valence-corrected chi connectivity index (χ3v) is 4.03. The predicted molar refractivity (Wildman–Crippen MR) is 89.2 cm³/mol. The molecular formula is C17H20N4. The summed E-state index contributed by atoms with van der Waals surface area (Å²) in [5.41, 5.74) is 20.6. The Bertz CT molecular complexity index is 836. The van der Waals surface area contributed by atoms with E-state index in [1.807, 2.05) is 23.7 Å². The van der Waals surface area contributed by atoms with Gasteiger partial charge < -0.3 is 16.0 Å². The Morgan fingerprint density at radius 2 is 1.62 bits per heavy atom. The molecule has 0 bridgehead atoms. The van der Waals surface area contributed by atoms with Crippen molar-refractivity contribution in [1.82, 2.24) is 9.55 Å². The number of hydrogen-bond donors (Lipinski definition) is 2. The van der Waals surface area contributed by atoms with E-state index in [1.54, 1.807) is 0 Å². The summed E-state index contributed by atoms with van der Waals surface area (Å²) in [6.45, 7) is 6.37. The quantitative estimate of drug-likeness (QED) is 0.672. The van der Waals surface area contributed by atoms with Gasteiger partial charge in [-0.05, 0) is 49.6 Å². The van der Waals surface area contributed by atoms with Gasteiger partial charge in [-0.25, -0.2) is 4.98 Å². The summed E-state index contributed by atoms with van der Waals surface area (Å²) in [7, 11) is 1.89. The molecule has 0 saturated heterocycles. The van der Waals surface area contributed by atoms with Crippen molar-refractivity contribution < 1.29 is 0 Å². The van der Waals surface area contributed by atoms with Crippen molar-refractivity contribution in [2.24, 2.45) is 7.05 Å². The number of fused-ring (bicyclic) bond motifs is 1. The van der Waals surface area contributed by atoms with Gasteiger partial charge in [-0.15, -0.1) is 0 Å². The minimum atomic E-state index is 0.478. The molecule has 4 N–H and O–H groups in total. The summed E-state index contributed by atoms with van der Waals surface area (Å²) in [4.78, 5) is 4.52. The topological polar surface area (TPSA) is 69.9 Å². The van der Waals surface area contributed by atoms with E-state index in [1.165, 1.54) is 22.3 Å². The van der Waals surface area contributed by atoms with Crippen LogP contribution in [0.15, 0.2) is 24.3 Å². The number of nitrogens with two attached hydrogens (primary N) is 2. The van der Waals surface area contributed by atoms with Gasteiger partial charge in [-0.2, -0.15) is 0 Å². The van der Waals surface area contributed by atoms with Gasteiger partial charge in [0.1, 0.15) is 5.52 Å². The standard InChI is InChI=1S/C17H20N4/c1-9-7-10(2)14(11(3)8-9)12-5-6-13(18)16-15(12)20-17(19)21(16)4/h5-8H,18H2,1-4H3,(H2,19,20). The molecule has 3 aromatic rings. The molecule has 1 aromatic heterocycles. The zero-order valence-electron chi connectivity index (χ0n) is 12.9. The van der Waals surface area contributed by atoms with Crippen molar-refractivity contribution in [2.45, 2.75) is 20.8 Å². The predicted octanol–water partition coefficient (Wildman–Crippen LogP) is 3.33. The van der Waals surface area contributed by atoms with Crippen LogP contribution in [-0.2, 0) is 7.05 Å². The number of aryl methyl sites for hydroxylation is 4. The Hall–Kier alpha value is -2.49. The molecule has 3 rings (SSSR count). The molecule has 2 aromatic carbocycles. The van der Waals surface area contributed by atoms with Crippen molar-refractivity contribution in [3.05, 3.63) is 41.0 Å². The van der Waals surface area contributed by atoms with Crippen LogP contribution in [0.2, 0.25) is 0 Å². The number of aromatic nitrogens is 2. The highest BCUT2D eigenvalue weighted by Crippen LogP contribution is 2.36. The molecule has 0 radical (unpaired) electrons. The highest BCUT2D eigenvalue weighted by Gasteiger charge is 2.16. The van der Waals surface area contributed by atoms with Crippen molar-refractivity contribution in [2.75, 3.05) is 11.5 Å². The Kier molecular flexibility index (Phi) is 2.90. The number of rotatable bonds is 1. The number of nitrogens with zero attached hydrogens (tertiary/aromatic N) is 2. The van der Waals surface area contributed by atoms with Crippen LogP contribution >= 0.6 is 0 Å². The molecule has 0 aliphatic rings. The maximum atomic E-state index is 6.10. The lowest BCUT2D eigenvalue weighted by molar-refractivity contribution is 0.966. The van der Waals surface area contributed by atoms with E-state index < -0.39 is 0 Å². The van der Waals surface area contributed by atoms with Gasteiger partial charge in [0.05, 0.1) is 11.2 Å². The Morgan fingerprint density at radius 1 is 1.00 bits per heavy atom. The summed E-state index contributed by atoms with van der Waals surface area (Å²) in [6.07, 6.45) is 0.